The number of amides is 3. The topological polar surface area (TPSA) is 125 Å². The van der Waals surface area contributed by atoms with Crippen LogP contribution in [-0.4, -0.2) is 57.3 Å². The summed E-state index contributed by atoms with van der Waals surface area (Å²) in [7, 11) is 0. The molecular weight excluding hydrogens is 577 g/mol. The molecule has 36 heavy (non-hydrogen) atoms. The predicted molar refractivity (Wildman–Crippen MR) is 136 cm³/mol. The van der Waals surface area contributed by atoms with Crippen LogP contribution in [0.15, 0.2) is 71.2 Å². The van der Waals surface area contributed by atoms with Crippen molar-refractivity contribution >= 4 is 63.0 Å². The Morgan fingerprint density at radius 2 is 1.86 bits per heavy atom. The van der Waals surface area contributed by atoms with E-state index in [0.29, 0.717) is 10.0 Å². The molecule has 3 rings (SSSR count). The first-order valence-electron chi connectivity index (χ1n) is 10.6. The lowest BCUT2D eigenvalue weighted by atomic mass is 9.98. The van der Waals surface area contributed by atoms with E-state index in [9.17, 15) is 24.3 Å². The number of nitrogens with zero attached hydrogens (tertiary/aromatic N) is 1. The lowest BCUT2D eigenvalue weighted by Gasteiger charge is -2.47. The molecule has 0 saturated carbocycles. The average molecular weight is 599 g/mol. The van der Waals surface area contributed by atoms with Crippen molar-refractivity contribution in [3.8, 4) is 0 Å². The van der Waals surface area contributed by atoms with Gasteiger partial charge in [0, 0.05) is 10.4 Å². The van der Waals surface area contributed by atoms with Crippen molar-refractivity contribution in [1.29, 1.82) is 0 Å². The molecule has 3 amide bonds. The quantitative estimate of drug-likeness (QED) is 0.166. The largest absolute Gasteiger partial charge is 0.479 e. The SMILES string of the molecule is C=C(CCl)C(C(=O)O)N1C(=O)C(NC(=O)C(NC(=O)OCc2ccccc2)c2cccc(Br)c2)C1Cl. The van der Waals surface area contributed by atoms with Gasteiger partial charge < -0.3 is 25.4 Å². The third kappa shape index (κ3) is 6.37. The van der Waals surface area contributed by atoms with Crippen LogP contribution in [0.2, 0.25) is 0 Å². The lowest BCUT2D eigenvalue weighted by molar-refractivity contribution is -0.160. The van der Waals surface area contributed by atoms with Crippen molar-refractivity contribution in [1.82, 2.24) is 15.5 Å². The summed E-state index contributed by atoms with van der Waals surface area (Å²) in [4.78, 5) is 50.9. The Kier molecular flexibility index (Phi) is 9.36. The number of carbonyl (C=O) groups is 4. The molecule has 190 valence electrons. The Morgan fingerprint density at radius 1 is 1.17 bits per heavy atom. The maximum absolute atomic E-state index is 13.2. The van der Waals surface area contributed by atoms with Crippen LogP contribution in [-0.2, 0) is 25.7 Å². The van der Waals surface area contributed by atoms with E-state index in [2.05, 4.69) is 33.1 Å². The highest BCUT2D eigenvalue weighted by atomic mass is 79.9. The van der Waals surface area contributed by atoms with E-state index in [1.54, 1.807) is 48.5 Å². The number of hydrogen-bond acceptors (Lipinski definition) is 5. The molecule has 12 heteroatoms. The monoisotopic (exact) mass is 597 g/mol. The first kappa shape index (κ1) is 27.5. The summed E-state index contributed by atoms with van der Waals surface area (Å²) < 4.78 is 5.89. The number of carboxylic acid groups (broad SMARTS) is 1. The predicted octanol–water partition coefficient (Wildman–Crippen LogP) is 3.56. The number of β-lactam (4-membered cyclic amide) rings is 1. The number of benzene rings is 2. The molecule has 0 bridgehead atoms. The van der Waals surface area contributed by atoms with Crippen molar-refractivity contribution in [2.45, 2.75) is 30.2 Å². The van der Waals surface area contributed by atoms with Crippen LogP contribution >= 0.6 is 39.1 Å². The van der Waals surface area contributed by atoms with Gasteiger partial charge in [-0.25, -0.2) is 9.59 Å². The van der Waals surface area contributed by atoms with Crippen molar-refractivity contribution in [2.75, 3.05) is 5.88 Å². The molecule has 1 fully saturated rings. The van der Waals surface area contributed by atoms with Gasteiger partial charge in [0.2, 0.25) is 5.91 Å². The zero-order valence-corrected chi connectivity index (χ0v) is 21.8. The van der Waals surface area contributed by atoms with Crippen LogP contribution in [0.4, 0.5) is 4.79 Å². The number of aliphatic carboxylic acids is 1. The summed E-state index contributed by atoms with van der Waals surface area (Å²) in [5.74, 6) is -3.00. The van der Waals surface area contributed by atoms with Crippen LogP contribution in [0.1, 0.15) is 17.2 Å². The Morgan fingerprint density at radius 3 is 2.44 bits per heavy atom. The second kappa shape index (κ2) is 12.2. The van der Waals surface area contributed by atoms with Crippen molar-refractivity contribution in [3.63, 3.8) is 0 Å². The number of alkyl halides is 2. The Bertz CT molecular complexity index is 1170. The molecule has 1 heterocycles. The van der Waals surface area contributed by atoms with E-state index in [0.717, 1.165) is 10.5 Å². The number of likely N-dealkylation sites (tertiary alicyclic amines) is 1. The zero-order valence-electron chi connectivity index (χ0n) is 18.7. The molecule has 3 N–H and O–H groups in total. The molecule has 4 atom stereocenters. The van der Waals surface area contributed by atoms with Gasteiger partial charge in [-0.2, -0.15) is 0 Å². The second-order valence-electron chi connectivity index (χ2n) is 7.83. The minimum atomic E-state index is -1.43. The molecule has 4 unspecified atom stereocenters. The van der Waals surface area contributed by atoms with E-state index in [-0.39, 0.29) is 18.1 Å². The van der Waals surface area contributed by atoms with E-state index in [1.807, 2.05) is 6.07 Å². The smallest absolute Gasteiger partial charge is 0.408 e. The van der Waals surface area contributed by atoms with E-state index >= 15 is 0 Å². The Balaban J connectivity index is 1.73. The minimum Gasteiger partial charge on any atom is -0.479 e. The maximum Gasteiger partial charge on any atom is 0.408 e. The molecule has 0 aromatic heterocycles. The molecule has 1 saturated heterocycles. The van der Waals surface area contributed by atoms with Crippen LogP contribution in [0.5, 0.6) is 0 Å². The van der Waals surface area contributed by atoms with Gasteiger partial charge >= 0.3 is 12.1 Å². The van der Waals surface area contributed by atoms with Crippen LogP contribution in [0, 0.1) is 0 Å². The second-order valence-corrected chi connectivity index (χ2v) is 9.46. The Labute approximate surface area is 225 Å². The summed E-state index contributed by atoms with van der Waals surface area (Å²) >= 11 is 15.3. The third-order valence-electron chi connectivity index (χ3n) is 5.35. The average Bonchev–Trinajstić information content (AvgIpc) is 2.87. The molecule has 2 aromatic carbocycles. The molecule has 0 spiro atoms. The number of halogens is 3. The van der Waals surface area contributed by atoms with Gasteiger partial charge in [0.25, 0.3) is 5.91 Å². The standard InChI is InChI=1S/C24H22BrCl2N3O6/c1-13(11-26)19(23(33)34)30-20(27)18(22(30)32)28-21(31)17(15-8-5-9-16(25)10-15)29-24(35)36-12-14-6-3-2-4-7-14/h2-10,17-20H,1,11-12H2,(H,28,31)(H,29,35)(H,33,34). The van der Waals surface area contributed by atoms with Crippen molar-refractivity contribution in [3.05, 3.63) is 82.3 Å². The molecule has 1 aliphatic rings. The van der Waals surface area contributed by atoms with Gasteiger partial charge in [-0.1, -0.05) is 76.6 Å². The van der Waals surface area contributed by atoms with Gasteiger partial charge in [0.1, 0.15) is 24.2 Å². The van der Waals surface area contributed by atoms with Crippen molar-refractivity contribution < 1.29 is 29.0 Å². The first-order valence-corrected chi connectivity index (χ1v) is 12.4. The highest BCUT2D eigenvalue weighted by Gasteiger charge is 2.53. The van der Waals surface area contributed by atoms with E-state index < -0.39 is 47.5 Å². The number of ether oxygens (including phenoxy) is 1. The van der Waals surface area contributed by atoms with Gasteiger partial charge in [0.15, 0.2) is 6.04 Å². The van der Waals surface area contributed by atoms with Crippen LogP contribution in [0.25, 0.3) is 0 Å². The fraction of sp³-hybridized carbons (Fsp3) is 0.250. The Hall–Kier alpha value is -3.08. The van der Waals surface area contributed by atoms with Gasteiger partial charge in [-0.3, -0.25) is 9.59 Å². The summed E-state index contributed by atoms with van der Waals surface area (Å²) in [5.41, 5.74) is 0.0680. The number of alkyl carbamates (subject to hydrolysis) is 1. The van der Waals surface area contributed by atoms with Gasteiger partial charge in [-0.05, 0) is 28.8 Å². The van der Waals surface area contributed by atoms with Gasteiger partial charge in [0.05, 0.1) is 0 Å². The maximum atomic E-state index is 13.2. The zero-order chi connectivity index (χ0) is 26.4. The number of nitrogens with one attached hydrogen (secondary N) is 2. The van der Waals surface area contributed by atoms with Gasteiger partial charge in [-0.15, -0.1) is 11.6 Å². The summed E-state index contributed by atoms with van der Waals surface area (Å²) in [6, 6.07) is 11.8. The van der Waals surface area contributed by atoms with E-state index in [4.69, 9.17) is 27.9 Å². The first-order chi connectivity index (χ1) is 17.1. The molecular formula is C24H22BrCl2N3O6. The van der Waals surface area contributed by atoms with Crippen LogP contribution in [0.3, 0.4) is 0 Å². The fourth-order valence-corrected chi connectivity index (χ4v) is 4.49. The lowest BCUT2D eigenvalue weighted by Crippen LogP contribution is -2.72. The molecule has 9 nitrogen and oxygen atoms in total. The van der Waals surface area contributed by atoms with Crippen molar-refractivity contribution in [2.24, 2.45) is 0 Å². The molecule has 2 aromatic rings. The molecule has 1 aliphatic heterocycles. The highest BCUT2D eigenvalue weighted by Crippen LogP contribution is 2.30. The fourth-order valence-electron chi connectivity index (χ4n) is 3.55. The highest BCUT2D eigenvalue weighted by molar-refractivity contribution is 9.10. The summed E-state index contributed by atoms with van der Waals surface area (Å²) in [5, 5.41) is 14.5. The van der Waals surface area contributed by atoms with E-state index in [1.165, 1.54) is 0 Å². The van der Waals surface area contributed by atoms with Crippen LogP contribution < -0.4 is 10.6 Å². The number of carboxylic acids is 1. The minimum absolute atomic E-state index is 0.0135. The summed E-state index contributed by atoms with van der Waals surface area (Å²) in [6.07, 6.45) is -0.854. The number of carbonyl (C=O) groups excluding carboxylic acids is 3. The molecule has 0 radical (unpaired) electrons. The third-order valence-corrected chi connectivity index (χ3v) is 6.65. The normalized spacial score (nSPS) is 18.4. The molecule has 0 aliphatic carbocycles. The number of hydrogen-bond donors (Lipinski definition) is 3. The number of rotatable bonds is 10. The summed E-state index contributed by atoms with van der Waals surface area (Å²) in [6.45, 7) is 3.57.